The Morgan fingerprint density at radius 2 is 2.07 bits per heavy atom. The summed E-state index contributed by atoms with van der Waals surface area (Å²) in [4.78, 5) is 10.5. The molecule has 0 saturated heterocycles. The Hall–Kier alpha value is -1.61. The Balaban J connectivity index is 2.46. The number of aromatic hydroxyl groups is 1. The quantitative estimate of drug-likeness (QED) is 0.763. The average molecular weight is 204 g/mol. The highest BCUT2D eigenvalue weighted by Crippen LogP contribution is 2.29. The fourth-order valence-corrected chi connectivity index (χ4v) is 1.91. The minimum atomic E-state index is 0.288. The number of thiophene rings is 1. The van der Waals surface area contributed by atoms with E-state index in [1.165, 1.54) is 11.3 Å². The highest BCUT2D eigenvalue weighted by atomic mass is 32.1. The highest BCUT2D eigenvalue weighted by Gasteiger charge is 2.01. The monoisotopic (exact) mass is 204 g/mol. The molecule has 0 spiro atoms. The molecule has 1 heterocycles. The topological polar surface area (TPSA) is 37.3 Å². The number of carbonyl (C=O) groups excluding carboxylic acids is 1. The number of hydrogen-bond donors (Lipinski definition) is 1. The number of aldehydes is 1. The minimum absolute atomic E-state index is 0.288. The molecule has 0 aliphatic heterocycles. The van der Waals surface area contributed by atoms with Crippen molar-refractivity contribution in [2.45, 2.75) is 0 Å². The maximum Gasteiger partial charge on any atom is 0.171 e. The number of benzene rings is 1. The van der Waals surface area contributed by atoms with Gasteiger partial charge in [-0.25, -0.2) is 0 Å². The van der Waals surface area contributed by atoms with Crippen molar-refractivity contribution in [1.82, 2.24) is 0 Å². The van der Waals surface area contributed by atoms with Gasteiger partial charge in [0.2, 0.25) is 0 Å². The molecule has 0 aliphatic rings. The molecule has 0 amide bonds. The van der Waals surface area contributed by atoms with Gasteiger partial charge in [0.15, 0.2) is 5.06 Å². The van der Waals surface area contributed by atoms with Gasteiger partial charge in [0.1, 0.15) is 6.29 Å². The number of hydrogen-bond acceptors (Lipinski definition) is 3. The molecule has 0 unspecified atom stereocenters. The minimum Gasteiger partial charge on any atom is -0.499 e. The van der Waals surface area contributed by atoms with E-state index in [1.54, 1.807) is 18.2 Å². The van der Waals surface area contributed by atoms with Crippen molar-refractivity contribution in [3.8, 4) is 16.2 Å². The Morgan fingerprint density at radius 1 is 1.21 bits per heavy atom. The molecule has 0 bridgehead atoms. The molecule has 0 fully saturated rings. The molecule has 1 N–H and O–H groups in total. The first-order valence-electron chi connectivity index (χ1n) is 4.13. The van der Waals surface area contributed by atoms with Crippen molar-refractivity contribution in [3.05, 3.63) is 41.3 Å². The lowest BCUT2D eigenvalue weighted by Gasteiger charge is -1.97. The largest absolute Gasteiger partial charge is 0.499 e. The van der Waals surface area contributed by atoms with Gasteiger partial charge < -0.3 is 5.11 Å². The Bertz CT molecular complexity index is 460. The van der Waals surface area contributed by atoms with Gasteiger partial charge in [-0.15, -0.1) is 11.3 Å². The summed E-state index contributed by atoms with van der Waals surface area (Å²) in [5.41, 5.74) is 2.54. The van der Waals surface area contributed by atoms with Crippen molar-refractivity contribution < 1.29 is 9.90 Å². The van der Waals surface area contributed by atoms with Gasteiger partial charge in [0.05, 0.1) is 0 Å². The maximum atomic E-state index is 10.5. The second-order valence-corrected chi connectivity index (χ2v) is 3.81. The molecular weight excluding hydrogens is 196 g/mol. The lowest BCUT2D eigenvalue weighted by atomic mass is 10.1. The SMILES string of the molecule is O=Cc1cccc(-c2csc(O)c2)c1. The van der Waals surface area contributed by atoms with Gasteiger partial charge in [0, 0.05) is 10.9 Å². The molecule has 2 rings (SSSR count). The molecule has 14 heavy (non-hydrogen) atoms. The second kappa shape index (κ2) is 3.64. The van der Waals surface area contributed by atoms with E-state index in [0.717, 1.165) is 17.4 Å². The van der Waals surface area contributed by atoms with Crippen molar-refractivity contribution in [3.63, 3.8) is 0 Å². The van der Waals surface area contributed by atoms with Crippen molar-refractivity contribution in [2.75, 3.05) is 0 Å². The summed E-state index contributed by atoms with van der Waals surface area (Å²) in [5, 5.41) is 11.3. The van der Waals surface area contributed by atoms with E-state index >= 15 is 0 Å². The molecule has 0 atom stereocenters. The molecule has 0 aliphatic carbocycles. The van der Waals surface area contributed by atoms with Gasteiger partial charge in [-0.3, -0.25) is 4.79 Å². The molecule has 1 aromatic carbocycles. The van der Waals surface area contributed by atoms with Crippen LogP contribution in [0.2, 0.25) is 0 Å². The predicted octanol–water partition coefficient (Wildman–Crippen LogP) is 2.93. The molecule has 70 valence electrons. The fraction of sp³-hybridized carbons (Fsp3) is 0. The average Bonchev–Trinajstić information content (AvgIpc) is 2.65. The van der Waals surface area contributed by atoms with Crippen molar-refractivity contribution >= 4 is 17.6 Å². The maximum absolute atomic E-state index is 10.5. The van der Waals surface area contributed by atoms with Crippen LogP contribution in [0.3, 0.4) is 0 Å². The summed E-state index contributed by atoms with van der Waals surface area (Å²) in [5.74, 6) is 0. The molecule has 0 radical (unpaired) electrons. The Kier molecular flexibility index (Phi) is 2.33. The van der Waals surface area contributed by atoms with E-state index in [1.807, 2.05) is 17.5 Å². The van der Waals surface area contributed by atoms with E-state index in [0.29, 0.717) is 5.56 Å². The van der Waals surface area contributed by atoms with Crippen LogP contribution in [-0.2, 0) is 0 Å². The predicted molar refractivity (Wildman–Crippen MR) is 56.8 cm³/mol. The van der Waals surface area contributed by atoms with Crippen LogP contribution in [0.25, 0.3) is 11.1 Å². The molecule has 3 heteroatoms. The smallest absolute Gasteiger partial charge is 0.171 e. The molecular formula is C11H8O2S. The third-order valence-corrected chi connectivity index (χ3v) is 2.67. The first-order chi connectivity index (χ1) is 6.79. The van der Waals surface area contributed by atoms with Crippen LogP contribution < -0.4 is 0 Å². The summed E-state index contributed by atoms with van der Waals surface area (Å²) >= 11 is 1.28. The van der Waals surface area contributed by atoms with E-state index in [4.69, 9.17) is 0 Å². The Morgan fingerprint density at radius 3 is 2.71 bits per heavy atom. The van der Waals surface area contributed by atoms with Gasteiger partial charge in [-0.1, -0.05) is 18.2 Å². The first kappa shape index (κ1) is 8.97. The van der Waals surface area contributed by atoms with Gasteiger partial charge in [0.25, 0.3) is 0 Å². The molecule has 1 aromatic heterocycles. The highest BCUT2D eigenvalue weighted by molar-refractivity contribution is 7.12. The third kappa shape index (κ3) is 1.67. The lowest BCUT2D eigenvalue weighted by molar-refractivity contribution is 0.112. The van der Waals surface area contributed by atoms with Crippen molar-refractivity contribution in [1.29, 1.82) is 0 Å². The lowest BCUT2D eigenvalue weighted by Crippen LogP contribution is -1.79. The van der Waals surface area contributed by atoms with Crippen LogP contribution in [0.15, 0.2) is 35.7 Å². The van der Waals surface area contributed by atoms with Crippen LogP contribution in [0.4, 0.5) is 0 Å². The molecule has 0 saturated carbocycles. The summed E-state index contributed by atoms with van der Waals surface area (Å²) in [7, 11) is 0. The summed E-state index contributed by atoms with van der Waals surface area (Å²) in [6.07, 6.45) is 0.815. The van der Waals surface area contributed by atoms with E-state index in [-0.39, 0.29) is 5.06 Å². The van der Waals surface area contributed by atoms with Gasteiger partial charge in [-0.2, -0.15) is 0 Å². The zero-order valence-corrected chi connectivity index (χ0v) is 8.12. The van der Waals surface area contributed by atoms with E-state index < -0.39 is 0 Å². The van der Waals surface area contributed by atoms with Gasteiger partial charge in [-0.05, 0) is 23.3 Å². The van der Waals surface area contributed by atoms with Crippen LogP contribution in [0.5, 0.6) is 5.06 Å². The molecule has 2 nitrogen and oxygen atoms in total. The van der Waals surface area contributed by atoms with E-state index in [9.17, 15) is 9.90 Å². The summed E-state index contributed by atoms with van der Waals surface area (Å²) < 4.78 is 0. The van der Waals surface area contributed by atoms with Crippen LogP contribution in [0.1, 0.15) is 10.4 Å². The van der Waals surface area contributed by atoms with Gasteiger partial charge >= 0.3 is 0 Å². The van der Waals surface area contributed by atoms with E-state index in [2.05, 4.69) is 0 Å². The van der Waals surface area contributed by atoms with Crippen LogP contribution in [0, 0.1) is 0 Å². The van der Waals surface area contributed by atoms with Crippen LogP contribution >= 0.6 is 11.3 Å². The summed E-state index contributed by atoms with van der Waals surface area (Å²) in [6, 6.07) is 8.98. The zero-order chi connectivity index (χ0) is 9.97. The second-order valence-electron chi connectivity index (χ2n) is 2.92. The molecule has 2 aromatic rings. The normalized spacial score (nSPS) is 10.0. The fourth-order valence-electron chi connectivity index (χ4n) is 1.27. The van der Waals surface area contributed by atoms with Crippen molar-refractivity contribution in [2.24, 2.45) is 0 Å². The summed E-state index contributed by atoms with van der Waals surface area (Å²) in [6.45, 7) is 0. The zero-order valence-electron chi connectivity index (χ0n) is 7.31. The number of rotatable bonds is 2. The third-order valence-electron chi connectivity index (χ3n) is 1.94. The number of carbonyl (C=O) groups is 1. The van der Waals surface area contributed by atoms with Crippen LogP contribution in [-0.4, -0.2) is 11.4 Å². The standard InChI is InChI=1S/C11H8O2S/c12-6-8-2-1-3-9(4-8)10-5-11(13)14-7-10/h1-7,13H. The Labute approximate surface area is 85.4 Å². The first-order valence-corrected chi connectivity index (χ1v) is 5.00.